The van der Waals surface area contributed by atoms with Crippen molar-refractivity contribution in [3.8, 4) is 5.75 Å². The fraction of sp³-hybridized carbons (Fsp3) is 0.667. The minimum atomic E-state index is -0.197. The molecule has 114 valence electrons. The summed E-state index contributed by atoms with van der Waals surface area (Å²) in [5.41, 5.74) is 0.862. The van der Waals surface area contributed by atoms with Gasteiger partial charge in [0.25, 0.3) is 0 Å². The molecular formula is C18H24O3. The average molecular weight is 288 g/mol. The molecule has 1 N–H and O–H groups in total. The molecule has 0 amide bonds. The number of fused-ring (bicyclic) bond motifs is 3. The van der Waals surface area contributed by atoms with Crippen LogP contribution in [0.25, 0.3) is 0 Å². The maximum Gasteiger partial charge on any atom is 0.125 e. The molecule has 1 saturated carbocycles. The van der Waals surface area contributed by atoms with Gasteiger partial charge in [-0.05, 0) is 31.2 Å². The van der Waals surface area contributed by atoms with Crippen LogP contribution in [0.4, 0.5) is 0 Å². The highest BCUT2D eigenvalue weighted by Crippen LogP contribution is 2.63. The second-order valence-corrected chi connectivity index (χ2v) is 7.50. The maximum absolute atomic E-state index is 10.1. The Bertz CT molecular complexity index is 571. The van der Waals surface area contributed by atoms with Crippen LogP contribution in [0.3, 0.4) is 0 Å². The summed E-state index contributed by atoms with van der Waals surface area (Å²) < 4.78 is 12.7. The van der Waals surface area contributed by atoms with E-state index in [1.54, 1.807) is 0 Å². The van der Waals surface area contributed by atoms with Gasteiger partial charge in [-0.3, -0.25) is 0 Å². The zero-order valence-corrected chi connectivity index (χ0v) is 13.0. The Kier molecular flexibility index (Phi) is 2.74. The SMILES string of the molecule is C[C@@H]1[C@@H]2[C@@H]3OC[C@]1(CO)[C@@H](C)C[C@]2(C)Oc1ccccc13. The highest BCUT2D eigenvalue weighted by atomic mass is 16.5. The molecule has 2 heterocycles. The van der Waals surface area contributed by atoms with Gasteiger partial charge in [-0.15, -0.1) is 0 Å². The van der Waals surface area contributed by atoms with Crippen molar-refractivity contribution in [2.75, 3.05) is 13.2 Å². The van der Waals surface area contributed by atoms with E-state index in [1.807, 2.05) is 6.07 Å². The second kappa shape index (κ2) is 4.23. The van der Waals surface area contributed by atoms with Gasteiger partial charge in [0, 0.05) is 16.9 Å². The summed E-state index contributed by atoms with van der Waals surface area (Å²) in [7, 11) is 0. The lowest BCUT2D eigenvalue weighted by Gasteiger charge is -2.63. The van der Waals surface area contributed by atoms with Gasteiger partial charge in [0.15, 0.2) is 0 Å². The lowest BCUT2D eigenvalue weighted by Crippen LogP contribution is -2.65. The molecule has 6 atom stereocenters. The molecule has 2 fully saturated rings. The van der Waals surface area contributed by atoms with E-state index in [0.29, 0.717) is 24.4 Å². The second-order valence-electron chi connectivity index (χ2n) is 7.50. The van der Waals surface area contributed by atoms with Crippen LogP contribution in [0.15, 0.2) is 24.3 Å². The minimum Gasteiger partial charge on any atom is -0.487 e. The van der Waals surface area contributed by atoms with Crippen molar-refractivity contribution in [2.24, 2.45) is 23.2 Å². The van der Waals surface area contributed by atoms with Crippen LogP contribution in [0.1, 0.15) is 38.9 Å². The van der Waals surface area contributed by atoms with Gasteiger partial charge in [0.1, 0.15) is 11.4 Å². The first-order chi connectivity index (χ1) is 10.0. The highest BCUT2D eigenvalue weighted by Gasteiger charge is 2.64. The van der Waals surface area contributed by atoms with Gasteiger partial charge in [0.2, 0.25) is 0 Å². The summed E-state index contributed by atoms with van der Waals surface area (Å²) in [4.78, 5) is 0. The maximum atomic E-state index is 10.1. The molecule has 0 radical (unpaired) electrons. The van der Waals surface area contributed by atoms with Crippen LogP contribution in [-0.2, 0) is 4.74 Å². The Balaban J connectivity index is 1.87. The van der Waals surface area contributed by atoms with Gasteiger partial charge < -0.3 is 14.6 Å². The average Bonchev–Trinajstić information content (AvgIpc) is 2.46. The number of rotatable bonds is 1. The summed E-state index contributed by atoms with van der Waals surface area (Å²) in [6.45, 7) is 7.60. The van der Waals surface area contributed by atoms with Crippen LogP contribution < -0.4 is 4.74 Å². The van der Waals surface area contributed by atoms with E-state index in [4.69, 9.17) is 9.47 Å². The Morgan fingerprint density at radius 3 is 2.81 bits per heavy atom. The van der Waals surface area contributed by atoms with E-state index in [2.05, 4.69) is 39.0 Å². The van der Waals surface area contributed by atoms with Gasteiger partial charge in [-0.25, -0.2) is 0 Å². The number of hydrogen-bond donors (Lipinski definition) is 1. The summed E-state index contributed by atoms with van der Waals surface area (Å²) >= 11 is 0. The summed E-state index contributed by atoms with van der Waals surface area (Å²) in [6, 6.07) is 8.26. The van der Waals surface area contributed by atoms with Crippen LogP contribution in [0.5, 0.6) is 5.75 Å². The molecule has 3 aliphatic rings. The molecule has 0 aromatic heterocycles. The lowest BCUT2D eigenvalue weighted by atomic mass is 9.50. The molecule has 1 aromatic carbocycles. The monoisotopic (exact) mass is 288 g/mol. The normalized spacial score (nSPS) is 47.4. The van der Waals surface area contributed by atoms with Crippen molar-refractivity contribution in [2.45, 2.75) is 38.9 Å². The van der Waals surface area contributed by atoms with Crippen LogP contribution in [0, 0.1) is 23.2 Å². The van der Waals surface area contributed by atoms with Gasteiger partial charge in [-0.2, -0.15) is 0 Å². The largest absolute Gasteiger partial charge is 0.487 e. The molecular weight excluding hydrogens is 264 g/mol. The van der Waals surface area contributed by atoms with E-state index in [-0.39, 0.29) is 23.7 Å². The Hall–Kier alpha value is -1.06. The zero-order valence-electron chi connectivity index (χ0n) is 13.0. The van der Waals surface area contributed by atoms with Crippen molar-refractivity contribution in [1.82, 2.24) is 0 Å². The summed E-state index contributed by atoms with van der Waals surface area (Å²) in [6.07, 6.45) is 1.08. The first-order valence-corrected chi connectivity index (χ1v) is 8.02. The number of para-hydroxylation sites is 1. The highest BCUT2D eigenvalue weighted by molar-refractivity contribution is 5.40. The number of benzene rings is 1. The number of hydrogen-bond acceptors (Lipinski definition) is 3. The quantitative estimate of drug-likeness (QED) is 0.862. The summed E-state index contributed by atoms with van der Waals surface area (Å²) in [5.74, 6) is 2.07. The molecule has 2 bridgehead atoms. The molecule has 3 heteroatoms. The minimum absolute atomic E-state index is 0.0992. The third kappa shape index (κ3) is 1.56. The van der Waals surface area contributed by atoms with Crippen LogP contribution >= 0.6 is 0 Å². The third-order valence-corrected chi connectivity index (χ3v) is 6.56. The summed E-state index contributed by atoms with van der Waals surface area (Å²) in [5, 5.41) is 10.1. The molecule has 3 nitrogen and oxygen atoms in total. The molecule has 1 aromatic rings. The van der Waals surface area contributed by atoms with E-state index in [0.717, 1.165) is 12.2 Å². The van der Waals surface area contributed by atoms with Crippen molar-refractivity contribution in [3.05, 3.63) is 29.8 Å². The molecule has 0 spiro atoms. The molecule has 4 rings (SSSR count). The standard InChI is InChI=1S/C18H24O3/c1-11-8-17(3)15-12(2)18(11,9-19)10-20-16(15)13-6-4-5-7-14(13)21-17/h4-7,11-12,15-16,19H,8-10H2,1-3H3/t11-,12+,15+,16+,17-,18+/m0/s1. The van der Waals surface area contributed by atoms with Crippen molar-refractivity contribution >= 4 is 0 Å². The Morgan fingerprint density at radius 2 is 2.05 bits per heavy atom. The lowest BCUT2D eigenvalue weighted by molar-refractivity contribution is -0.260. The predicted molar refractivity (Wildman–Crippen MR) is 80.1 cm³/mol. The molecule has 2 aliphatic heterocycles. The molecule has 21 heavy (non-hydrogen) atoms. The predicted octanol–water partition coefficient (Wildman–Crippen LogP) is 3.18. The van der Waals surface area contributed by atoms with E-state index < -0.39 is 0 Å². The Labute approximate surface area is 126 Å². The Morgan fingerprint density at radius 1 is 1.29 bits per heavy atom. The fourth-order valence-electron chi connectivity index (χ4n) is 5.29. The van der Waals surface area contributed by atoms with Crippen molar-refractivity contribution in [1.29, 1.82) is 0 Å². The number of ether oxygens (including phenoxy) is 2. The van der Waals surface area contributed by atoms with Gasteiger partial charge in [-0.1, -0.05) is 32.0 Å². The zero-order chi connectivity index (χ0) is 14.8. The van der Waals surface area contributed by atoms with Crippen molar-refractivity contribution in [3.63, 3.8) is 0 Å². The molecule has 1 saturated heterocycles. The first kappa shape index (κ1) is 13.6. The van der Waals surface area contributed by atoms with E-state index in [9.17, 15) is 5.11 Å². The van der Waals surface area contributed by atoms with E-state index in [1.165, 1.54) is 5.56 Å². The van der Waals surface area contributed by atoms with Gasteiger partial charge in [0.05, 0.1) is 19.3 Å². The van der Waals surface area contributed by atoms with Crippen LogP contribution in [-0.4, -0.2) is 23.9 Å². The number of aliphatic hydroxyl groups is 1. The van der Waals surface area contributed by atoms with Crippen LogP contribution in [0.2, 0.25) is 0 Å². The topological polar surface area (TPSA) is 38.7 Å². The van der Waals surface area contributed by atoms with Crippen molar-refractivity contribution < 1.29 is 14.6 Å². The first-order valence-electron chi connectivity index (χ1n) is 8.02. The number of aliphatic hydroxyl groups excluding tert-OH is 1. The third-order valence-electron chi connectivity index (χ3n) is 6.56. The molecule has 0 unspecified atom stereocenters. The fourth-order valence-corrected chi connectivity index (χ4v) is 5.29. The van der Waals surface area contributed by atoms with E-state index >= 15 is 0 Å². The smallest absolute Gasteiger partial charge is 0.125 e. The van der Waals surface area contributed by atoms with Gasteiger partial charge >= 0.3 is 0 Å². The molecule has 1 aliphatic carbocycles.